The highest BCUT2D eigenvalue weighted by Gasteiger charge is 2.10. The van der Waals surface area contributed by atoms with Gasteiger partial charge in [0.1, 0.15) is 5.75 Å². The monoisotopic (exact) mass is 312 g/mol. The number of nitrogens with one attached hydrogen (secondary N) is 2. The second-order valence-electron chi connectivity index (χ2n) is 5.13. The molecule has 0 saturated carbocycles. The van der Waals surface area contributed by atoms with Gasteiger partial charge < -0.3 is 15.4 Å². The van der Waals surface area contributed by atoms with Gasteiger partial charge in [0.05, 0.1) is 6.61 Å². The highest BCUT2D eigenvalue weighted by atomic mass is 16.5. The Kier molecular flexibility index (Phi) is 5.36. The van der Waals surface area contributed by atoms with Crippen LogP contribution in [0, 0.1) is 6.92 Å². The van der Waals surface area contributed by atoms with E-state index in [1.165, 1.54) is 6.92 Å². The smallest absolute Gasteiger partial charge is 0.255 e. The van der Waals surface area contributed by atoms with Crippen LogP contribution < -0.4 is 15.4 Å². The first kappa shape index (κ1) is 16.5. The van der Waals surface area contributed by atoms with Crippen molar-refractivity contribution in [3.8, 4) is 5.75 Å². The molecule has 23 heavy (non-hydrogen) atoms. The Balaban J connectivity index is 2.19. The predicted octanol–water partition coefficient (Wildman–Crippen LogP) is 3.60. The molecule has 0 heterocycles. The summed E-state index contributed by atoms with van der Waals surface area (Å²) in [5.41, 5.74) is 2.72. The lowest BCUT2D eigenvalue weighted by Gasteiger charge is -2.11. The van der Waals surface area contributed by atoms with Crippen molar-refractivity contribution < 1.29 is 14.3 Å². The van der Waals surface area contributed by atoms with Crippen molar-refractivity contribution in [1.82, 2.24) is 0 Å². The van der Waals surface area contributed by atoms with Gasteiger partial charge in [-0.3, -0.25) is 9.59 Å². The molecule has 0 aromatic heterocycles. The van der Waals surface area contributed by atoms with Gasteiger partial charge in [-0.1, -0.05) is 12.1 Å². The normalized spacial score (nSPS) is 10.0. The van der Waals surface area contributed by atoms with Gasteiger partial charge in [-0.15, -0.1) is 0 Å². The number of anilines is 2. The van der Waals surface area contributed by atoms with Crippen molar-refractivity contribution >= 4 is 23.2 Å². The zero-order valence-electron chi connectivity index (χ0n) is 13.5. The molecule has 0 aliphatic heterocycles. The molecule has 0 aliphatic rings. The zero-order valence-corrected chi connectivity index (χ0v) is 13.5. The summed E-state index contributed by atoms with van der Waals surface area (Å²) in [4.78, 5) is 23.5. The number of aryl methyl sites for hydroxylation is 1. The van der Waals surface area contributed by atoms with Crippen LogP contribution >= 0.6 is 0 Å². The summed E-state index contributed by atoms with van der Waals surface area (Å²) in [5.74, 6) is 0.272. The van der Waals surface area contributed by atoms with Gasteiger partial charge in [0.2, 0.25) is 5.91 Å². The van der Waals surface area contributed by atoms with Crippen LogP contribution in [0.5, 0.6) is 5.75 Å². The van der Waals surface area contributed by atoms with Gasteiger partial charge in [0, 0.05) is 23.9 Å². The van der Waals surface area contributed by atoms with E-state index in [9.17, 15) is 9.59 Å². The van der Waals surface area contributed by atoms with E-state index in [-0.39, 0.29) is 11.8 Å². The summed E-state index contributed by atoms with van der Waals surface area (Å²) in [7, 11) is 0. The lowest BCUT2D eigenvalue weighted by Crippen LogP contribution is -2.13. The number of rotatable bonds is 5. The van der Waals surface area contributed by atoms with Crippen LogP contribution in [0.3, 0.4) is 0 Å². The van der Waals surface area contributed by atoms with Crippen LogP contribution in [0.4, 0.5) is 11.4 Å². The van der Waals surface area contributed by atoms with E-state index in [4.69, 9.17) is 4.74 Å². The predicted molar refractivity (Wildman–Crippen MR) is 91.0 cm³/mol. The van der Waals surface area contributed by atoms with Crippen molar-refractivity contribution in [2.45, 2.75) is 20.8 Å². The molecule has 0 radical (unpaired) electrons. The van der Waals surface area contributed by atoms with Gasteiger partial charge in [-0.25, -0.2) is 0 Å². The van der Waals surface area contributed by atoms with E-state index >= 15 is 0 Å². The molecule has 0 saturated heterocycles. The van der Waals surface area contributed by atoms with Gasteiger partial charge in [-0.2, -0.15) is 0 Å². The molecule has 2 aromatic carbocycles. The van der Waals surface area contributed by atoms with Crippen LogP contribution in [-0.2, 0) is 4.79 Å². The highest BCUT2D eigenvalue weighted by molar-refractivity contribution is 6.05. The zero-order chi connectivity index (χ0) is 16.8. The minimum absolute atomic E-state index is 0.157. The van der Waals surface area contributed by atoms with Gasteiger partial charge >= 0.3 is 0 Å². The molecule has 0 atom stereocenters. The fourth-order valence-corrected chi connectivity index (χ4v) is 2.13. The Morgan fingerprint density at radius 2 is 1.87 bits per heavy atom. The molecular formula is C18H20N2O3. The van der Waals surface area contributed by atoms with Crippen molar-refractivity contribution in [2.75, 3.05) is 17.2 Å². The van der Waals surface area contributed by atoms with E-state index < -0.39 is 0 Å². The van der Waals surface area contributed by atoms with Gasteiger partial charge in [-0.05, 0) is 49.7 Å². The summed E-state index contributed by atoms with van der Waals surface area (Å²) in [6, 6.07) is 12.4. The largest absolute Gasteiger partial charge is 0.494 e. The fourth-order valence-electron chi connectivity index (χ4n) is 2.13. The topological polar surface area (TPSA) is 67.4 Å². The van der Waals surface area contributed by atoms with Crippen molar-refractivity contribution in [1.29, 1.82) is 0 Å². The Morgan fingerprint density at radius 3 is 2.57 bits per heavy atom. The number of carbonyl (C=O) groups excluding carboxylic acids is 2. The first-order chi connectivity index (χ1) is 11.0. The van der Waals surface area contributed by atoms with E-state index in [0.717, 1.165) is 5.56 Å². The molecule has 5 nitrogen and oxygen atoms in total. The molecule has 2 N–H and O–H groups in total. The number of hydrogen-bond acceptors (Lipinski definition) is 3. The third-order valence-electron chi connectivity index (χ3n) is 3.21. The number of carbonyl (C=O) groups is 2. The van der Waals surface area contributed by atoms with Crippen molar-refractivity contribution in [3.63, 3.8) is 0 Å². The summed E-state index contributed by atoms with van der Waals surface area (Å²) >= 11 is 0. The average molecular weight is 312 g/mol. The number of ether oxygens (including phenoxy) is 1. The Hall–Kier alpha value is -2.82. The first-order valence-corrected chi connectivity index (χ1v) is 7.42. The van der Waals surface area contributed by atoms with Gasteiger partial charge in [0.15, 0.2) is 0 Å². The molecule has 0 aliphatic carbocycles. The lowest BCUT2D eigenvalue weighted by atomic mass is 10.1. The first-order valence-electron chi connectivity index (χ1n) is 7.42. The third kappa shape index (κ3) is 4.57. The van der Waals surface area contributed by atoms with Crippen molar-refractivity contribution in [3.05, 3.63) is 53.6 Å². The Morgan fingerprint density at radius 1 is 1.09 bits per heavy atom. The number of benzene rings is 2. The summed E-state index contributed by atoms with van der Waals surface area (Å²) in [6.07, 6.45) is 0. The average Bonchev–Trinajstić information content (AvgIpc) is 2.50. The third-order valence-corrected chi connectivity index (χ3v) is 3.21. The molecule has 2 aromatic rings. The van der Waals surface area contributed by atoms with Crippen LogP contribution in [0.1, 0.15) is 29.8 Å². The molecule has 5 heteroatoms. The number of amides is 2. The molecule has 0 spiro atoms. The SMILES string of the molecule is CCOc1cccc(C(=O)Nc2cc(NC(C)=O)ccc2C)c1. The Bertz CT molecular complexity index is 726. The fraction of sp³-hybridized carbons (Fsp3) is 0.222. The summed E-state index contributed by atoms with van der Waals surface area (Å²) in [6.45, 7) is 5.77. The number of hydrogen-bond donors (Lipinski definition) is 2. The highest BCUT2D eigenvalue weighted by Crippen LogP contribution is 2.22. The molecule has 0 bridgehead atoms. The van der Waals surface area contributed by atoms with E-state index in [1.54, 1.807) is 30.3 Å². The van der Waals surface area contributed by atoms with Crippen LogP contribution in [0.15, 0.2) is 42.5 Å². The van der Waals surface area contributed by atoms with E-state index in [2.05, 4.69) is 10.6 Å². The maximum atomic E-state index is 12.4. The standard InChI is InChI=1S/C18H20N2O3/c1-4-23-16-7-5-6-14(10-16)18(22)20-17-11-15(19-13(3)21)9-8-12(17)2/h5-11H,4H2,1-3H3,(H,19,21)(H,20,22). The molecule has 2 rings (SSSR count). The van der Waals surface area contributed by atoms with E-state index in [1.807, 2.05) is 26.0 Å². The molecule has 2 amide bonds. The quantitative estimate of drug-likeness (QED) is 0.886. The lowest BCUT2D eigenvalue weighted by molar-refractivity contribution is -0.114. The van der Waals surface area contributed by atoms with Crippen LogP contribution in [0.2, 0.25) is 0 Å². The minimum atomic E-state index is -0.227. The van der Waals surface area contributed by atoms with Gasteiger partial charge in [0.25, 0.3) is 5.91 Å². The maximum absolute atomic E-state index is 12.4. The molecule has 120 valence electrons. The van der Waals surface area contributed by atoms with Crippen LogP contribution in [-0.4, -0.2) is 18.4 Å². The summed E-state index contributed by atoms with van der Waals surface area (Å²) < 4.78 is 5.41. The maximum Gasteiger partial charge on any atom is 0.255 e. The van der Waals surface area contributed by atoms with E-state index in [0.29, 0.717) is 29.3 Å². The second kappa shape index (κ2) is 7.45. The Labute approximate surface area is 135 Å². The molecular weight excluding hydrogens is 292 g/mol. The van der Waals surface area contributed by atoms with Crippen molar-refractivity contribution in [2.24, 2.45) is 0 Å². The van der Waals surface area contributed by atoms with Crippen LogP contribution in [0.25, 0.3) is 0 Å². The minimum Gasteiger partial charge on any atom is -0.494 e. The molecule has 0 fully saturated rings. The molecule has 0 unspecified atom stereocenters. The second-order valence-corrected chi connectivity index (χ2v) is 5.13. The summed E-state index contributed by atoms with van der Waals surface area (Å²) in [5, 5.41) is 5.56.